The van der Waals surface area contributed by atoms with Crippen molar-refractivity contribution in [2.45, 2.75) is 45.4 Å². The number of aryl methyl sites for hydroxylation is 2. The van der Waals surface area contributed by atoms with Gasteiger partial charge in [-0.15, -0.1) is 0 Å². The van der Waals surface area contributed by atoms with Crippen LogP contribution in [0.1, 0.15) is 48.6 Å². The molecule has 1 fully saturated rings. The van der Waals surface area contributed by atoms with Gasteiger partial charge in [-0.25, -0.2) is 4.98 Å². The number of hydrogen-bond donors (Lipinski definition) is 1. The Morgan fingerprint density at radius 1 is 1.30 bits per heavy atom. The van der Waals surface area contributed by atoms with Crippen LogP contribution in [0.3, 0.4) is 0 Å². The minimum absolute atomic E-state index is 0.0895. The first-order chi connectivity index (χ1) is 9.56. The Hall–Kier alpha value is -1.84. The van der Waals surface area contributed by atoms with Gasteiger partial charge in [0, 0.05) is 5.92 Å². The van der Waals surface area contributed by atoms with Gasteiger partial charge in [0.25, 0.3) is 0 Å². The van der Waals surface area contributed by atoms with Gasteiger partial charge in [-0.1, -0.05) is 18.9 Å². The molecule has 1 aliphatic carbocycles. The number of carbonyl (C=O) groups is 1. The topological polar surface area (TPSA) is 63.3 Å². The summed E-state index contributed by atoms with van der Waals surface area (Å²) < 4.78 is 5.90. The second-order valence-corrected chi connectivity index (χ2v) is 5.82. The quantitative estimate of drug-likeness (QED) is 0.903. The molecule has 0 radical (unpaired) electrons. The van der Waals surface area contributed by atoms with E-state index < -0.39 is 5.97 Å². The third kappa shape index (κ3) is 2.19. The Bertz CT molecular complexity index is 659. The zero-order chi connectivity index (χ0) is 14.3. The van der Waals surface area contributed by atoms with Crippen LogP contribution in [0.5, 0.6) is 0 Å². The highest BCUT2D eigenvalue weighted by atomic mass is 16.4. The molecule has 2 atom stereocenters. The number of nitrogens with zero attached hydrogens (tertiary/aromatic N) is 1. The lowest BCUT2D eigenvalue weighted by molar-refractivity contribution is -0.143. The standard InChI is InChI=1S/C16H19NO3/c1-9-7-10(2)14-13(8-9)17-15(20-14)11-5-3-4-6-12(11)16(18)19/h7-8,11-12H,3-6H2,1-2H3,(H,18,19). The Morgan fingerprint density at radius 2 is 2.05 bits per heavy atom. The lowest BCUT2D eigenvalue weighted by Gasteiger charge is -2.25. The van der Waals surface area contributed by atoms with Crippen molar-refractivity contribution < 1.29 is 14.3 Å². The molecule has 0 spiro atoms. The predicted octanol–water partition coefficient (Wildman–Crippen LogP) is 3.80. The predicted molar refractivity (Wildman–Crippen MR) is 75.8 cm³/mol. The number of benzene rings is 1. The Kier molecular flexibility index (Phi) is 3.24. The molecule has 0 aliphatic heterocycles. The van der Waals surface area contributed by atoms with Gasteiger partial charge < -0.3 is 9.52 Å². The molecule has 0 saturated heterocycles. The fourth-order valence-corrected chi connectivity index (χ4v) is 3.27. The highest BCUT2D eigenvalue weighted by Gasteiger charge is 2.35. The first-order valence-corrected chi connectivity index (χ1v) is 7.17. The van der Waals surface area contributed by atoms with E-state index in [4.69, 9.17) is 4.42 Å². The van der Waals surface area contributed by atoms with E-state index in [2.05, 4.69) is 11.1 Å². The molecule has 4 heteroatoms. The third-order valence-corrected chi connectivity index (χ3v) is 4.24. The van der Waals surface area contributed by atoms with E-state index in [1.165, 1.54) is 0 Å². The van der Waals surface area contributed by atoms with Crippen molar-refractivity contribution in [2.24, 2.45) is 5.92 Å². The molecule has 1 aromatic carbocycles. The molecule has 3 rings (SSSR count). The number of fused-ring (bicyclic) bond motifs is 1. The maximum Gasteiger partial charge on any atom is 0.307 e. The number of aliphatic carboxylic acids is 1. The van der Waals surface area contributed by atoms with Crippen molar-refractivity contribution in [3.8, 4) is 0 Å². The van der Waals surface area contributed by atoms with Crippen molar-refractivity contribution in [1.82, 2.24) is 4.98 Å². The normalized spacial score (nSPS) is 23.1. The smallest absolute Gasteiger partial charge is 0.307 e. The maximum absolute atomic E-state index is 11.4. The van der Waals surface area contributed by atoms with Crippen LogP contribution < -0.4 is 0 Å². The summed E-state index contributed by atoms with van der Waals surface area (Å²) in [6, 6.07) is 4.06. The highest BCUT2D eigenvalue weighted by molar-refractivity contribution is 5.77. The van der Waals surface area contributed by atoms with Crippen molar-refractivity contribution in [3.05, 3.63) is 29.2 Å². The molecule has 1 aromatic heterocycles. The van der Waals surface area contributed by atoms with Gasteiger partial charge in [-0.05, 0) is 43.9 Å². The van der Waals surface area contributed by atoms with E-state index in [0.29, 0.717) is 5.89 Å². The number of rotatable bonds is 2. The van der Waals surface area contributed by atoms with Gasteiger partial charge in [0.05, 0.1) is 5.92 Å². The van der Waals surface area contributed by atoms with Gasteiger partial charge in [-0.3, -0.25) is 4.79 Å². The molecule has 1 N–H and O–H groups in total. The van der Waals surface area contributed by atoms with Crippen LogP contribution in [0.4, 0.5) is 0 Å². The number of carboxylic acids is 1. The Balaban J connectivity index is 2.04. The van der Waals surface area contributed by atoms with Gasteiger partial charge in [0.15, 0.2) is 11.5 Å². The minimum Gasteiger partial charge on any atom is -0.481 e. The largest absolute Gasteiger partial charge is 0.481 e. The second-order valence-electron chi connectivity index (χ2n) is 5.82. The van der Waals surface area contributed by atoms with E-state index >= 15 is 0 Å². The van der Waals surface area contributed by atoms with Crippen molar-refractivity contribution in [2.75, 3.05) is 0 Å². The van der Waals surface area contributed by atoms with Crippen LogP contribution in [-0.2, 0) is 4.79 Å². The van der Waals surface area contributed by atoms with E-state index in [-0.39, 0.29) is 11.8 Å². The number of hydrogen-bond acceptors (Lipinski definition) is 3. The van der Waals surface area contributed by atoms with Crippen LogP contribution in [0.2, 0.25) is 0 Å². The van der Waals surface area contributed by atoms with Gasteiger partial charge in [0.1, 0.15) is 5.52 Å². The molecule has 0 bridgehead atoms. The molecule has 1 heterocycles. The van der Waals surface area contributed by atoms with Crippen molar-refractivity contribution >= 4 is 17.1 Å². The van der Waals surface area contributed by atoms with E-state index in [9.17, 15) is 9.90 Å². The van der Waals surface area contributed by atoms with Crippen LogP contribution in [0, 0.1) is 19.8 Å². The maximum atomic E-state index is 11.4. The van der Waals surface area contributed by atoms with Crippen LogP contribution in [0.15, 0.2) is 16.5 Å². The molecule has 4 nitrogen and oxygen atoms in total. The fourth-order valence-electron chi connectivity index (χ4n) is 3.27. The average molecular weight is 273 g/mol. The number of aromatic nitrogens is 1. The van der Waals surface area contributed by atoms with Gasteiger partial charge >= 0.3 is 5.97 Å². The summed E-state index contributed by atoms with van der Waals surface area (Å²) in [6.07, 6.45) is 3.59. The Labute approximate surface area is 117 Å². The zero-order valence-corrected chi connectivity index (χ0v) is 11.8. The lowest BCUT2D eigenvalue weighted by Crippen LogP contribution is -2.25. The average Bonchev–Trinajstić information content (AvgIpc) is 2.82. The SMILES string of the molecule is Cc1cc(C)c2oc(C3CCCCC3C(=O)O)nc2c1. The second kappa shape index (κ2) is 4.93. The monoisotopic (exact) mass is 273 g/mol. The number of carboxylic acid groups (broad SMARTS) is 1. The van der Waals surface area contributed by atoms with E-state index in [1.807, 2.05) is 19.9 Å². The summed E-state index contributed by atoms with van der Waals surface area (Å²) >= 11 is 0. The molecule has 106 valence electrons. The van der Waals surface area contributed by atoms with E-state index in [0.717, 1.165) is 47.9 Å². The first-order valence-electron chi connectivity index (χ1n) is 7.17. The molecular formula is C16H19NO3. The summed E-state index contributed by atoms with van der Waals surface area (Å²) in [6.45, 7) is 4.03. The molecule has 2 unspecified atom stereocenters. The molecule has 1 aliphatic rings. The summed E-state index contributed by atoms with van der Waals surface area (Å²) in [4.78, 5) is 16.0. The lowest BCUT2D eigenvalue weighted by atomic mass is 9.79. The first kappa shape index (κ1) is 13.2. The molecular weight excluding hydrogens is 254 g/mol. The van der Waals surface area contributed by atoms with Crippen molar-refractivity contribution in [3.63, 3.8) is 0 Å². The summed E-state index contributed by atoms with van der Waals surface area (Å²) in [7, 11) is 0. The zero-order valence-electron chi connectivity index (χ0n) is 11.8. The molecule has 0 amide bonds. The fraction of sp³-hybridized carbons (Fsp3) is 0.500. The highest BCUT2D eigenvalue weighted by Crippen LogP contribution is 2.39. The third-order valence-electron chi connectivity index (χ3n) is 4.24. The Morgan fingerprint density at radius 3 is 2.80 bits per heavy atom. The summed E-state index contributed by atoms with van der Waals surface area (Å²) in [5, 5.41) is 9.37. The van der Waals surface area contributed by atoms with E-state index in [1.54, 1.807) is 0 Å². The number of oxazole rings is 1. The van der Waals surface area contributed by atoms with Gasteiger partial charge in [-0.2, -0.15) is 0 Å². The summed E-state index contributed by atoms with van der Waals surface area (Å²) in [5.74, 6) is -0.586. The van der Waals surface area contributed by atoms with Crippen LogP contribution in [-0.4, -0.2) is 16.1 Å². The molecule has 20 heavy (non-hydrogen) atoms. The van der Waals surface area contributed by atoms with Crippen LogP contribution in [0.25, 0.3) is 11.1 Å². The van der Waals surface area contributed by atoms with Crippen molar-refractivity contribution in [1.29, 1.82) is 0 Å². The molecule has 1 saturated carbocycles. The summed E-state index contributed by atoms with van der Waals surface area (Å²) in [5.41, 5.74) is 3.84. The molecule has 2 aromatic rings. The van der Waals surface area contributed by atoms with Crippen LogP contribution >= 0.6 is 0 Å². The van der Waals surface area contributed by atoms with Gasteiger partial charge in [0.2, 0.25) is 0 Å². The minimum atomic E-state index is -0.732.